The molecule has 0 saturated carbocycles. The van der Waals surface area contributed by atoms with Crippen molar-refractivity contribution < 1.29 is 19.1 Å². The van der Waals surface area contributed by atoms with Gasteiger partial charge >= 0.3 is 6.09 Å². The summed E-state index contributed by atoms with van der Waals surface area (Å²) in [4.78, 5) is 27.4. The molecule has 2 aromatic rings. The SMILES string of the molecule is COc1ccccc1CNC(=O)[C@@H]1Cc2ccccc2CN1C(=O)OC(C)(C)C. The summed E-state index contributed by atoms with van der Waals surface area (Å²) in [6.45, 7) is 6.12. The van der Waals surface area contributed by atoms with Crippen molar-refractivity contribution in [1.82, 2.24) is 10.2 Å². The highest BCUT2D eigenvalue weighted by molar-refractivity contribution is 5.86. The Kier molecular flexibility index (Phi) is 6.11. The van der Waals surface area contributed by atoms with Crippen molar-refractivity contribution in [3.63, 3.8) is 0 Å². The Balaban J connectivity index is 1.79. The van der Waals surface area contributed by atoms with Gasteiger partial charge in [-0.15, -0.1) is 0 Å². The third-order valence-corrected chi connectivity index (χ3v) is 4.82. The van der Waals surface area contributed by atoms with Crippen LogP contribution in [0.15, 0.2) is 48.5 Å². The number of hydrogen-bond donors (Lipinski definition) is 1. The molecule has 0 unspecified atom stereocenters. The smallest absolute Gasteiger partial charge is 0.411 e. The molecule has 6 nitrogen and oxygen atoms in total. The Morgan fingerprint density at radius 2 is 1.72 bits per heavy atom. The average Bonchev–Trinajstić information content (AvgIpc) is 2.70. The molecule has 0 aromatic heterocycles. The number of para-hydroxylation sites is 1. The molecule has 1 heterocycles. The minimum Gasteiger partial charge on any atom is -0.496 e. The van der Waals surface area contributed by atoms with Crippen LogP contribution in [0.1, 0.15) is 37.5 Å². The number of nitrogens with zero attached hydrogens (tertiary/aromatic N) is 1. The molecule has 1 aliphatic heterocycles. The van der Waals surface area contributed by atoms with E-state index in [2.05, 4.69) is 5.32 Å². The highest BCUT2D eigenvalue weighted by atomic mass is 16.6. The van der Waals surface area contributed by atoms with E-state index in [1.54, 1.807) is 7.11 Å². The van der Waals surface area contributed by atoms with E-state index in [1.807, 2.05) is 69.3 Å². The average molecular weight is 396 g/mol. The Morgan fingerprint density at radius 3 is 2.41 bits per heavy atom. The van der Waals surface area contributed by atoms with Gasteiger partial charge in [-0.2, -0.15) is 0 Å². The van der Waals surface area contributed by atoms with E-state index < -0.39 is 17.7 Å². The van der Waals surface area contributed by atoms with Gasteiger partial charge in [0.25, 0.3) is 0 Å². The molecule has 1 N–H and O–H groups in total. The maximum atomic E-state index is 13.1. The summed E-state index contributed by atoms with van der Waals surface area (Å²) in [5, 5.41) is 2.95. The number of rotatable bonds is 4. The first-order valence-electron chi connectivity index (χ1n) is 9.74. The quantitative estimate of drug-likeness (QED) is 0.856. The van der Waals surface area contributed by atoms with Gasteiger partial charge in [0.2, 0.25) is 5.91 Å². The van der Waals surface area contributed by atoms with Crippen LogP contribution in [-0.4, -0.2) is 35.7 Å². The van der Waals surface area contributed by atoms with Crippen LogP contribution >= 0.6 is 0 Å². The fraction of sp³-hybridized carbons (Fsp3) is 0.391. The van der Waals surface area contributed by atoms with Gasteiger partial charge in [-0.1, -0.05) is 42.5 Å². The molecule has 3 rings (SSSR count). The Bertz CT molecular complexity index is 888. The van der Waals surface area contributed by atoms with Gasteiger partial charge in [0.1, 0.15) is 17.4 Å². The number of amides is 2. The van der Waals surface area contributed by atoms with E-state index in [1.165, 1.54) is 4.90 Å². The molecule has 154 valence electrons. The highest BCUT2D eigenvalue weighted by Gasteiger charge is 2.36. The predicted molar refractivity (Wildman–Crippen MR) is 111 cm³/mol. The monoisotopic (exact) mass is 396 g/mol. The first-order valence-corrected chi connectivity index (χ1v) is 9.74. The van der Waals surface area contributed by atoms with Crippen LogP contribution in [0.3, 0.4) is 0 Å². The summed E-state index contributed by atoms with van der Waals surface area (Å²) in [6, 6.07) is 14.8. The molecule has 0 spiro atoms. The summed E-state index contributed by atoms with van der Waals surface area (Å²) < 4.78 is 10.9. The zero-order chi connectivity index (χ0) is 21.0. The molecule has 1 aliphatic rings. The number of hydrogen-bond acceptors (Lipinski definition) is 4. The lowest BCUT2D eigenvalue weighted by atomic mass is 9.93. The first-order chi connectivity index (χ1) is 13.8. The van der Waals surface area contributed by atoms with Crippen LogP contribution in [0.2, 0.25) is 0 Å². The van der Waals surface area contributed by atoms with Crippen molar-refractivity contribution in [2.75, 3.05) is 7.11 Å². The molecule has 0 bridgehead atoms. The molecular formula is C23H28N2O4. The zero-order valence-corrected chi connectivity index (χ0v) is 17.4. The van der Waals surface area contributed by atoms with Gasteiger partial charge in [-0.25, -0.2) is 4.79 Å². The van der Waals surface area contributed by atoms with Crippen LogP contribution in [0.25, 0.3) is 0 Å². The lowest BCUT2D eigenvalue weighted by Crippen LogP contribution is -2.53. The van der Waals surface area contributed by atoms with Crippen molar-refractivity contribution in [2.24, 2.45) is 0 Å². The molecule has 2 amide bonds. The molecule has 0 fully saturated rings. The van der Waals surface area contributed by atoms with Crippen LogP contribution in [-0.2, 0) is 29.0 Å². The van der Waals surface area contributed by atoms with Crippen molar-refractivity contribution in [3.8, 4) is 5.75 Å². The van der Waals surface area contributed by atoms with Crippen molar-refractivity contribution in [1.29, 1.82) is 0 Å². The van der Waals surface area contributed by atoms with E-state index in [4.69, 9.17) is 9.47 Å². The normalized spacial score (nSPS) is 16.0. The standard InChI is InChI=1S/C23H28N2O4/c1-23(2,3)29-22(27)25-15-18-11-6-5-9-16(18)13-19(25)21(26)24-14-17-10-7-8-12-20(17)28-4/h5-12,19H,13-15H2,1-4H3,(H,24,26)/t19-/m0/s1. The second-order valence-electron chi connectivity index (χ2n) is 8.13. The fourth-order valence-corrected chi connectivity index (χ4v) is 3.42. The number of benzene rings is 2. The van der Waals surface area contributed by atoms with Gasteiger partial charge in [-0.3, -0.25) is 9.69 Å². The molecule has 29 heavy (non-hydrogen) atoms. The molecular weight excluding hydrogens is 368 g/mol. The molecule has 0 radical (unpaired) electrons. The summed E-state index contributed by atoms with van der Waals surface area (Å²) in [5.41, 5.74) is 2.35. The van der Waals surface area contributed by atoms with Gasteiger partial charge in [0, 0.05) is 18.5 Å². The lowest BCUT2D eigenvalue weighted by Gasteiger charge is -2.36. The van der Waals surface area contributed by atoms with E-state index in [0.29, 0.717) is 25.3 Å². The Labute approximate surface area is 171 Å². The van der Waals surface area contributed by atoms with E-state index in [-0.39, 0.29) is 5.91 Å². The molecule has 6 heteroatoms. The van der Waals surface area contributed by atoms with E-state index in [0.717, 1.165) is 16.7 Å². The number of ether oxygens (including phenoxy) is 2. The third-order valence-electron chi connectivity index (χ3n) is 4.82. The molecule has 2 aromatic carbocycles. The maximum Gasteiger partial charge on any atom is 0.411 e. The van der Waals surface area contributed by atoms with Gasteiger partial charge in [0.15, 0.2) is 0 Å². The predicted octanol–water partition coefficient (Wildman–Crippen LogP) is 3.67. The van der Waals surface area contributed by atoms with E-state index in [9.17, 15) is 9.59 Å². The largest absolute Gasteiger partial charge is 0.496 e. The van der Waals surface area contributed by atoms with Crippen LogP contribution in [0.4, 0.5) is 4.79 Å². The highest BCUT2D eigenvalue weighted by Crippen LogP contribution is 2.26. The third kappa shape index (κ3) is 5.08. The second kappa shape index (κ2) is 8.55. The number of carbonyl (C=O) groups is 2. The topological polar surface area (TPSA) is 67.9 Å². The van der Waals surface area contributed by atoms with Gasteiger partial charge in [-0.05, 0) is 38.0 Å². The number of methoxy groups -OCH3 is 1. The number of carbonyl (C=O) groups excluding carboxylic acids is 2. The lowest BCUT2D eigenvalue weighted by molar-refractivity contribution is -0.127. The summed E-state index contributed by atoms with van der Waals surface area (Å²) >= 11 is 0. The van der Waals surface area contributed by atoms with Crippen LogP contribution < -0.4 is 10.1 Å². The minimum atomic E-state index is -0.632. The summed E-state index contributed by atoms with van der Waals surface area (Å²) in [7, 11) is 1.60. The zero-order valence-electron chi connectivity index (χ0n) is 17.4. The van der Waals surface area contributed by atoms with Crippen LogP contribution in [0, 0.1) is 0 Å². The Hall–Kier alpha value is -3.02. The summed E-state index contributed by atoms with van der Waals surface area (Å²) in [6.07, 6.45) is -0.0304. The molecule has 0 aliphatic carbocycles. The number of fused-ring (bicyclic) bond motifs is 1. The molecule has 1 atom stereocenters. The number of nitrogens with one attached hydrogen (secondary N) is 1. The fourth-order valence-electron chi connectivity index (χ4n) is 3.42. The van der Waals surface area contributed by atoms with Gasteiger partial charge in [0.05, 0.1) is 13.7 Å². The second-order valence-corrected chi connectivity index (χ2v) is 8.13. The minimum absolute atomic E-state index is 0.212. The van der Waals surface area contributed by atoms with Crippen molar-refractivity contribution in [3.05, 3.63) is 65.2 Å². The van der Waals surface area contributed by atoms with Gasteiger partial charge < -0.3 is 14.8 Å². The van der Waals surface area contributed by atoms with Crippen LogP contribution in [0.5, 0.6) is 5.75 Å². The first kappa shape index (κ1) is 20.7. The maximum absolute atomic E-state index is 13.1. The van der Waals surface area contributed by atoms with Crippen molar-refractivity contribution in [2.45, 2.75) is 51.9 Å². The van der Waals surface area contributed by atoms with Crippen molar-refractivity contribution >= 4 is 12.0 Å². The molecule has 0 saturated heterocycles. The Morgan fingerprint density at radius 1 is 1.07 bits per heavy atom. The van der Waals surface area contributed by atoms with E-state index >= 15 is 0 Å². The summed E-state index contributed by atoms with van der Waals surface area (Å²) in [5.74, 6) is 0.502.